The van der Waals surface area contributed by atoms with E-state index in [4.69, 9.17) is 14.2 Å². The van der Waals surface area contributed by atoms with Gasteiger partial charge in [0.15, 0.2) is 6.10 Å². The molecule has 0 fully saturated rings. The molecule has 0 aliphatic carbocycles. The molecule has 0 amide bonds. The number of ether oxygens (including phenoxy) is 3. The molecule has 0 N–H and O–H groups in total. The van der Waals surface area contributed by atoms with Crippen LogP contribution in [0.4, 0.5) is 0 Å². The minimum atomic E-state index is -0.782. The molecule has 0 aromatic rings. The van der Waals surface area contributed by atoms with Crippen molar-refractivity contribution in [2.75, 3.05) is 13.2 Å². The molecule has 0 aromatic carbocycles. The smallest absolute Gasteiger partial charge is 0.306 e. The first kappa shape index (κ1) is 61.4. The molecular formula is C58H104O6. The van der Waals surface area contributed by atoms with Crippen molar-refractivity contribution in [3.63, 3.8) is 0 Å². The number of unbranched alkanes of at least 4 members (excludes halogenated alkanes) is 31. The van der Waals surface area contributed by atoms with Crippen LogP contribution in [-0.2, 0) is 28.6 Å². The minimum absolute atomic E-state index is 0.0795. The first-order valence-electron chi connectivity index (χ1n) is 27.6. The third-order valence-corrected chi connectivity index (χ3v) is 12.1. The monoisotopic (exact) mass is 897 g/mol. The van der Waals surface area contributed by atoms with Gasteiger partial charge in [-0.3, -0.25) is 14.4 Å². The van der Waals surface area contributed by atoms with Crippen LogP contribution in [0.3, 0.4) is 0 Å². The summed E-state index contributed by atoms with van der Waals surface area (Å²) < 4.78 is 16.8. The Morgan fingerprint density at radius 1 is 0.312 bits per heavy atom. The molecule has 0 saturated heterocycles. The lowest BCUT2D eigenvalue weighted by molar-refractivity contribution is -0.167. The fourth-order valence-electron chi connectivity index (χ4n) is 7.86. The minimum Gasteiger partial charge on any atom is -0.462 e. The van der Waals surface area contributed by atoms with Crippen molar-refractivity contribution < 1.29 is 28.6 Å². The molecule has 6 nitrogen and oxygen atoms in total. The predicted molar refractivity (Wildman–Crippen MR) is 275 cm³/mol. The first-order valence-corrected chi connectivity index (χ1v) is 27.6. The van der Waals surface area contributed by atoms with Gasteiger partial charge in [-0.25, -0.2) is 0 Å². The van der Waals surface area contributed by atoms with E-state index in [1.165, 1.54) is 161 Å². The maximum atomic E-state index is 12.8. The topological polar surface area (TPSA) is 78.9 Å². The van der Waals surface area contributed by atoms with Gasteiger partial charge in [0, 0.05) is 19.3 Å². The van der Waals surface area contributed by atoms with Crippen molar-refractivity contribution in [1.29, 1.82) is 0 Å². The largest absolute Gasteiger partial charge is 0.462 e. The lowest BCUT2D eigenvalue weighted by atomic mass is 10.0. The van der Waals surface area contributed by atoms with E-state index in [0.717, 1.165) is 83.5 Å². The van der Waals surface area contributed by atoms with Crippen LogP contribution in [0.5, 0.6) is 0 Å². The van der Waals surface area contributed by atoms with Crippen molar-refractivity contribution in [3.05, 3.63) is 48.6 Å². The highest BCUT2D eigenvalue weighted by atomic mass is 16.6. The van der Waals surface area contributed by atoms with Gasteiger partial charge in [-0.05, 0) is 83.5 Å². The van der Waals surface area contributed by atoms with Crippen molar-refractivity contribution in [3.8, 4) is 0 Å². The van der Waals surface area contributed by atoms with E-state index < -0.39 is 6.10 Å². The number of carbonyl (C=O) groups is 3. The standard InChI is InChI=1S/C58H104O6/c1-4-7-10-13-16-19-22-25-27-29-31-33-36-39-42-45-48-51-57(60)63-54-55(53-62-56(59)50-47-44-41-38-35-24-21-18-15-12-9-6-3)64-58(61)52-49-46-43-40-37-34-32-30-28-26-23-20-17-14-11-8-5-2/h16,19,25-28,31,33,55H,4-15,17-18,20-24,29-30,32,34-54H2,1-3H3/b19-16-,27-25-,28-26-,33-31-/t55-/m0/s1. The summed E-state index contributed by atoms with van der Waals surface area (Å²) in [5.74, 6) is -0.896. The van der Waals surface area contributed by atoms with Crippen molar-refractivity contribution in [2.24, 2.45) is 0 Å². The second kappa shape index (κ2) is 53.0. The molecule has 0 unspecified atom stereocenters. The van der Waals surface area contributed by atoms with Gasteiger partial charge < -0.3 is 14.2 Å². The van der Waals surface area contributed by atoms with Crippen LogP contribution in [-0.4, -0.2) is 37.2 Å². The second-order valence-electron chi connectivity index (χ2n) is 18.5. The Balaban J connectivity index is 4.39. The average Bonchev–Trinajstić information content (AvgIpc) is 3.29. The Labute approximate surface area is 397 Å². The van der Waals surface area contributed by atoms with Crippen LogP contribution >= 0.6 is 0 Å². The summed E-state index contributed by atoms with van der Waals surface area (Å²) in [5.41, 5.74) is 0. The number of hydrogen-bond donors (Lipinski definition) is 0. The highest BCUT2D eigenvalue weighted by Gasteiger charge is 2.19. The van der Waals surface area contributed by atoms with Crippen molar-refractivity contribution in [2.45, 2.75) is 290 Å². The quantitative estimate of drug-likeness (QED) is 0.0262. The molecule has 0 saturated carbocycles. The summed E-state index contributed by atoms with van der Waals surface area (Å²) in [5, 5.41) is 0. The zero-order chi connectivity index (χ0) is 46.5. The number of hydrogen-bond acceptors (Lipinski definition) is 6. The van der Waals surface area contributed by atoms with Crippen LogP contribution in [0, 0.1) is 0 Å². The number of esters is 3. The summed E-state index contributed by atoms with van der Waals surface area (Å²) in [6, 6.07) is 0. The van der Waals surface area contributed by atoms with Crippen LogP contribution in [0.1, 0.15) is 284 Å². The molecule has 0 heterocycles. The van der Waals surface area contributed by atoms with E-state index in [1.54, 1.807) is 0 Å². The van der Waals surface area contributed by atoms with Gasteiger partial charge in [0.1, 0.15) is 13.2 Å². The highest BCUT2D eigenvalue weighted by Crippen LogP contribution is 2.15. The Morgan fingerprint density at radius 3 is 0.922 bits per heavy atom. The van der Waals surface area contributed by atoms with E-state index in [0.29, 0.717) is 19.3 Å². The Bertz CT molecular complexity index is 1120. The third kappa shape index (κ3) is 50.4. The Morgan fingerprint density at radius 2 is 0.562 bits per heavy atom. The van der Waals surface area contributed by atoms with E-state index in [9.17, 15) is 14.4 Å². The van der Waals surface area contributed by atoms with Gasteiger partial charge in [-0.1, -0.05) is 230 Å². The highest BCUT2D eigenvalue weighted by molar-refractivity contribution is 5.71. The lowest BCUT2D eigenvalue weighted by Crippen LogP contribution is -2.30. The number of rotatable bonds is 50. The molecule has 6 heteroatoms. The Kier molecular flexibility index (Phi) is 50.8. The van der Waals surface area contributed by atoms with Crippen LogP contribution in [0.2, 0.25) is 0 Å². The fraction of sp³-hybridized carbons (Fsp3) is 0.810. The molecule has 0 radical (unpaired) electrons. The maximum absolute atomic E-state index is 12.8. The zero-order valence-corrected chi connectivity index (χ0v) is 42.6. The van der Waals surface area contributed by atoms with Gasteiger partial charge in [0.05, 0.1) is 0 Å². The normalized spacial score (nSPS) is 12.4. The molecule has 0 aliphatic rings. The van der Waals surface area contributed by atoms with Crippen LogP contribution in [0.25, 0.3) is 0 Å². The zero-order valence-electron chi connectivity index (χ0n) is 42.6. The summed E-state index contributed by atoms with van der Waals surface area (Å²) in [4.78, 5) is 38.0. The SMILES string of the molecule is CCCCC/C=C\C/C=C\C/C=C\CCCCCCC(=O)OC[C@H](COC(=O)CCCCCCCCCCCCCC)OC(=O)CCCCCCCCC/C=C\CCCCCCCC. The maximum Gasteiger partial charge on any atom is 0.306 e. The fourth-order valence-corrected chi connectivity index (χ4v) is 7.86. The molecule has 372 valence electrons. The van der Waals surface area contributed by atoms with Crippen molar-refractivity contribution in [1.82, 2.24) is 0 Å². The van der Waals surface area contributed by atoms with Crippen LogP contribution in [0.15, 0.2) is 48.6 Å². The summed E-state index contributed by atoms with van der Waals surface area (Å²) >= 11 is 0. The van der Waals surface area contributed by atoms with E-state index in [-0.39, 0.29) is 31.1 Å². The first-order chi connectivity index (χ1) is 31.5. The summed E-state index contributed by atoms with van der Waals surface area (Å²) in [6.45, 7) is 6.60. The molecule has 0 bridgehead atoms. The van der Waals surface area contributed by atoms with Gasteiger partial charge in [0.2, 0.25) is 0 Å². The van der Waals surface area contributed by atoms with Crippen LogP contribution < -0.4 is 0 Å². The average molecular weight is 897 g/mol. The van der Waals surface area contributed by atoms with Crippen molar-refractivity contribution >= 4 is 17.9 Å². The number of allylic oxidation sites excluding steroid dienone is 8. The second-order valence-corrected chi connectivity index (χ2v) is 18.5. The molecule has 0 aliphatic heterocycles. The van der Waals surface area contributed by atoms with Gasteiger partial charge in [0.25, 0.3) is 0 Å². The molecule has 0 aromatic heterocycles. The van der Waals surface area contributed by atoms with E-state index in [1.807, 2.05) is 0 Å². The molecule has 0 spiro atoms. The lowest BCUT2D eigenvalue weighted by Gasteiger charge is -2.18. The summed E-state index contributed by atoms with van der Waals surface area (Å²) in [6.07, 6.45) is 63.8. The molecule has 1 atom stereocenters. The van der Waals surface area contributed by atoms with E-state index in [2.05, 4.69) is 69.4 Å². The van der Waals surface area contributed by atoms with Gasteiger partial charge in [-0.2, -0.15) is 0 Å². The Hall–Kier alpha value is -2.63. The predicted octanol–water partition coefficient (Wildman–Crippen LogP) is 18.3. The molecule has 0 rings (SSSR count). The number of carbonyl (C=O) groups excluding carboxylic acids is 3. The summed E-state index contributed by atoms with van der Waals surface area (Å²) in [7, 11) is 0. The van der Waals surface area contributed by atoms with E-state index >= 15 is 0 Å². The van der Waals surface area contributed by atoms with Gasteiger partial charge >= 0.3 is 17.9 Å². The molecule has 64 heavy (non-hydrogen) atoms. The third-order valence-electron chi connectivity index (χ3n) is 12.1. The van der Waals surface area contributed by atoms with Gasteiger partial charge in [-0.15, -0.1) is 0 Å². The molecular weight excluding hydrogens is 793 g/mol.